The number of carbonyl (C=O) groups excluding carboxylic acids is 1. The molecule has 0 aliphatic rings. The molecule has 12 heteroatoms. The lowest BCUT2D eigenvalue weighted by molar-refractivity contribution is -0.384. The van der Waals surface area contributed by atoms with Gasteiger partial charge in [0.05, 0.1) is 16.0 Å². The molecule has 0 saturated heterocycles. The molecule has 156 valence electrons. The third-order valence-electron chi connectivity index (χ3n) is 3.83. The summed E-state index contributed by atoms with van der Waals surface area (Å²) in [5, 5.41) is 13.8. The summed E-state index contributed by atoms with van der Waals surface area (Å²) in [4.78, 5) is 26.2. The maximum atomic E-state index is 12.7. The second-order valence-corrected chi connectivity index (χ2v) is 9.59. The van der Waals surface area contributed by atoms with Crippen molar-refractivity contribution in [1.29, 1.82) is 0 Å². The summed E-state index contributed by atoms with van der Waals surface area (Å²) in [7, 11) is -3.93. The molecule has 1 N–H and O–H groups in total. The van der Waals surface area contributed by atoms with E-state index in [1.165, 1.54) is 6.92 Å². The van der Waals surface area contributed by atoms with Gasteiger partial charge < -0.3 is 4.74 Å². The number of rotatable bonds is 7. The summed E-state index contributed by atoms with van der Waals surface area (Å²) in [6, 6.07) is 11.0. The van der Waals surface area contributed by atoms with Crippen LogP contribution in [0.2, 0.25) is 5.02 Å². The highest BCUT2D eigenvalue weighted by Crippen LogP contribution is 2.29. The first-order valence-corrected chi connectivity index (χ1v) is 11.0. The van der Waals surface area contributed by atoms with E-state index >= 15 is 0 Å². The van der Waals surface area contributed by atoms with Crippen LogP contribution in [0.25, 0.3) is 0 Å². The predicted molar refractivity (Wildman–Crippen MR) is 111 cm³/mol. The minimum atomic E-state index is -3.93. The maximum Gasteiger partial charge on any atom is 0.269 e. The van der Waals surface area contributed by atoms with Gasteiger partial charge in [0.15, 0.2) is 11.2 Å². The normalized spacial score (nSPS) is 12.2. The summed E-state index contributed by atoms with van der Waals surface area (Å²) < 4.78 is 30.7. The standard InChI is InChI=1S/C18H14ClN3O6S2/c1-11(28-14-6-2-12(19)3-7-14)17(23)21-18-20-10-16(29-18)30(26,27)15-8-4-13(5-9-15)22(24)25/h2-11H,1H3,(H,20,21,23)/t11-/m1/s1. The number of benzene rings is 2. The minimum Gasteiger partial charge on any atom is -0.481 e. The van der Waals surface area contributed by atoms with E-state index in [4.69, 9.17) is 16.3 Å². The van der Waals surface area contributed by atoms with Crippen molar-refractivity contribution in [2.75, 3.05) is 5.32 Å². The van der Waals surface area contributed by atoms with Crippen molar-refractivity contribution in [2.45, 2.75) is 22.1 Å². The van der Waals surface area contributed by atoms with Gasteiger partial charge in [-0.2, -0.15) is 0 Å². The van der Waals surface area contributed by atoms with Gasteiger partial charge in [-0.05, 0) is 43.3 Å². The predicted octanol–water partition coefficient (Wildman–Crippen LogP) is 3.94. The number of nitrogens with one attached hydrogen (secondary N) is 1. The van der Waals surface area contributed by atoms with E-state index < -0.39 is 26.8 Å². The van der Waals surface area contributed by atoms with Crippen molar-refractivity contribution in [2.24, 2.45) is 0 Å². The van der Waals surface area contributed by atoms with Crippen molar-refractivity contribution in [3.8, 4) is 5.75 Å². The Morgan fingerprint density at radius 3 is 2.43 bits per heavy atom. The number of nitrogens with zero attached hydrogens (tertiary/aromatic N) is 2. The molecule has 1 atom stereocenters. The third kappa shape index (κ3) is 4.93. The molecule has 0 aliphatic carbocycles. The van der Waals surface area contributed by atoms with Gasteiger partial charge in [0, 0.05) is 17.2 Å². The van der Waals surface area contributed by atoms with Crippen molar-refractivity contribution < 1.29 is 22.9 Å². The number of carbonyl (C=O) groups is 1. The van der Waals surface area contributed by atoms with Gasteiger partial charge in [-0.25, -0.2) is 13.4 Å². The highest BCUT2D eigenvalue weighted by Gasteiger charge is 2.23. The first-order chi connectivity index (χ1) is 14.2. The largest absolute Gasteiger partial charge is 0.481 e. The van der Waals surface area contributed by atoms with Crippen LogP contribution in [0.1, 0.15) is 6.92 Å². The molecule has 2 aromatic carbocycles. The number of halogens is 1. The van der Waals surface area contributed by atoms with Crippen LogP contribution in [0.3, 0.4) is 0 Å². The number of sulfone groups is 1. The number of hydrogen-bond acceptors (Lipinski definition) is 8. The lowest BCUT2D eigenvalue weighted by Crippen LogP contribution is -2.30. The Kier molecular flexibility index (Phi) is 6.34. The Balaban J connectivity index is 1.69. The van der Waals surface area contributed by atoms with Crippen molar-refractivity contribution in [3.05, 3.63) is 69.9 Å². The molecule has 0 spiro atoms. The van der Waals surface area contributed by atoms with Crippen LogP contribution in [0.4, 0.5) is 10.8 Å². The summed E-state index contributed by atoms with van der Waals surface area (Å²) in [6.45, 7) is 1.53. The molecule has 30 heavy (non-hydrogen) atoms. The average Bonchev–Trinajstić information content (AvgIpc) is 3.19. The molecule has 0 radical (unpaired) electrons. The van der Waals surface area contributed by atoms with Crippen molar-refractivity contribution in [1.82, 2.24) is 4.98 Å². The molecule has 3 aromatic rings. The topological polar surface area (TPSA) is 128 Å². The van der Waals surface area contributed by atoms with E-state index in [1.807, 2.05) is 0 Å². The van der Waals surface area contributed by atoms with Crippen LogP contribution in [0.5, 0.6) is 5.75 Å². The average molecular weight is 468 g/mol. The van der Waals surface area contributed by atoms with Crippen LogP contribution in [-0.2, 0) is 14.6 Å². The molecule has 0 aliphatic heterocycles. The molecular formula is C18H14ClN3O6S2. The first-order valence-electron chi connectivity index (χ1n) is 8.35. The molecule has 0 bridgehead atoms. The molecular weight excluding hydrogens is 454 g/mol. The van der Waals surface area contributed by atoms with Crippen LogP contribution in [-0.4, -0.2) is 30.3 Å². The highest BCUT2D eigenvalue weighted by atomic mass is 35.5. The van der Waals surface area contributed by atoms with E-state index in [9.17, 15) is 23.3 Å². The monoisotopic (exact) mass is 467 g/mol. The SMILES string of the molecule is C[C@@H](Oc1ccc(Cl)cc1)C(=O)Nc1ncc(S(=O)(=O)c2ccc([N+](=O)[O-])cc2)s1. The molecule has 9 nitrogen and oxygen atoms in total. The second-order valence-electron chi connectivity index (χ2n) is 5.94. The molecule has 0 unspecified atom stereocenters. The Labute approximate surface area is 180 Å². The van der Waals surface area contributed by atoms with Crippen LogP contribution in [0, 0.1) is 10.1 Å². The number of amides is 1. The van der Waals surface area contributed by atoms with E-state index in [0.717, 1.165) is 41.8 Å². The zero-order valence-electron chi connectivity index (χ0n) is 15.3. The van der Waals surface area contributed by atoms with Crippen LogP contribution >= 0.6 is 22.9 Å². The Hall–Kier alpha value is -3.02. The Morgan fingerprint density at radius 2 is 1.83 bits per heavy atom. The van der Waals surface area contributed by atoms with Gasteiger partial charge in [0.1, 0.15) is 9.96 Å². The number of anilines is 1. The quantitative estimate of drug-likeness (QED) is 0.411. The van der Waals surface area contributed by atoms with Crippen molar-refractivity contribution >= 4 is 49.5 Å². The van der Waals surface area contributed by atoms with Crippen LogP contribution < -0.4 is 10.1 Å². The number of nitro benzene ring substituents is 1. The number of ether oxygens (including phenoxy) is 1. The van der Waals surface area contributed by atoms with E-state index in [1.54, 1.807) is 24.3 Å². The van der Waals surface area contributed by atoms with Gasteiger partial charge in [0.2, 0.25) is 9.84 Å². The zero-order chi connectivity index (χ0) is 21.9. The molecule has 0 saturated carbocycles. The van der Waals surface area contributed by atoms with Gasteiger partial charge in [-0.1, -0.05) is 22.9 Å². The maximum absolute atomic E-state index is 12.7. The second kappa shape index (κ2) is 8.78. The number of non-ortho nitro benzene ring substituents is 1. The Bertz CT molecular complexity index is 1180. The van der Waals surface area contributed by atoms with Crippen LogP contribution in [0.15, 0.2) is 63.8 Å². The summed E-state index contributed by atoms with van der Waals surface area (Å²) in [5.74, 6) is -0.0683. The smallest absolute Gasteiger partial charge is 0.269 e. The third-order valence-corrected chi connectivity index (χ3v) is 7.23. The number of thiazole rings is 1. The molecule has 0 fully saturated rings. The number of nitro groups is 1. The fraction of sp³-hybridized carbons (Fsp3) is 0.111. The number of hydrogen-bond donors (Lipinski definition) is 1. The summed E-state index contributed by atoms with van der Waals surface area (Å²) in [6.07, 6.45) is 0.242. The first kappa shape index (κ1) is 21.7. The zero-order valence-corrected chi connectivity index (χ0v) is 17.7. The van der Waals surface area contributed by atoms with Gasteiger partial charge in [-0.3, -0.25) is 20.2 Å². The molecule has 1 heterocycles. The lowest BCUT2D eigenvalue weighted by Gasteiger charge is -2.13. The fourth-order valence-electron chi connectivity index (χ4n) is 2.28. The summed E-state index contributed by atoms with van der Waals surface area (Å²) in [5.41, 5.74) is -0.221. The van der Waals surface area contributed by atoms with Gasteiger partial charge >= 0.3 is 0 Å². The van der Waals surface area contributed by atoms with Crippen molar-refractivity contribution in [3.63, 3.8) is 0 Å². The van der Waals surface area contributed by atoms with Gasteiger partial charge in [-0.15, -0.1) is 0 Å². The summed E-state index contributed by atoms with van der Waals surface area (Å²) >= 11 is 6.56. The van der Waals surface area contributed by atoms with Gasteiger partial charge in [0.25, 0.3) is 11.6 Å². The van der Waals surface area contributed by atoms with E-state index in [2.05, 4.69) is 10.3 Å². The lowest BCUT2D eigenvalue weighted by atomic mass is 10.3. The minimum absolute atomic E-state index is 0.0760. The van der Waals surface area contributed by atoms with E-state index in [-0.39, 0.29) is 19.9 Å². The highest BCUT2D eigenvalue weighted by molar-refractivity contribution is 7.93. The molecule has 3 rings (SSSR count). The molecule has 1 amide bonds. The molecule has 1 aromatic heterocycles. The fourth-order valence-corrected chi connectivity index (χ4v) is 4.84. The Morgan fingerprint density at radius 1 is 1.20 bits per heavy atom. The van der Waals surface area contributed by atoms with E-state index in [0.29, 0.717) is 10.8 Å². The number of aromatic nitrogens is 1.